The topological polar surface area (TPSA) is 49.4 Å². The predicted molar refractivity (Wildman–Crippen MR) is 116 cm³/mol. The Hall–Kier alpha value is -2.05. The second-order valence-corrected chi connectivity index (χ2v) is 8.33. The average Bonchev–Trinajstić information content (AvgIpc) is 2.71. The number of carbonyl (C=O) groups excluding carboxylic acids is 2. The predicted octanol–water partition coefficient (Wildman–Crippen LogP) is 4.90. The van der Waals surface area contributed by atoms with Gasteiger partial charge in [0.25, 0.3) is 0 Å². The van der Waals surface area contributed by atoms with E-state index in [9.17, 15) is 14.0 Å². The minimum absolute atomic E-state index is 0.00111. The van der Waals surface area contributed by atoms with Crippen LogP contribution in [-0.2, 0) is 16.1 Å². The Labute approximate surface area is 180 Å². The van der Waals surface area contributed by atoms with Crippen LogP contribution in [0.2, 0.25) is 5.02 Å². The van der Waals surface area contributed by atoms with Crippen LogP contribution in [0.3, 0.4) is 0 Å². The average molecular weight is 437 g/mol. The van der Waals surface area contributed by atoms with Crippen molar-refractivity contribution in [3.8, 4) is 0 Å². The van der Waals surface area contributed by atoms with E-state index < -0.39 is 11.9 Å². The van der Waals surface area contributed by atoms with E-state index in [0.29, 0.717) is 10.6 Å². The number of hydrogen-bond acceptors (Lipinski definition) is 3. The third-order valence-corrected chi connectivity index (χ3v) is 5.89. The number of benzene rings is 2. The van der Waals surface area contributed by atoms with Gasteiger partial charge in [0.15, 0.2) is 0 Å². The third kappa shape index (κ3) is 7.05. The van der Waals surface area contributed by atoms with Crippen LogP contribution in [0.1, 0.15) is 32.8 Å². The second-order valence-electron chi connectivity index (χ2n) is 6.85. The number of amides is 2. The quantitative estimate of drug-likeness (QED) is 0.568. The summed E-state index contributed by atoms with van der Waals surface area (Å²) >= 11 is 7.25. The number of halogens is 2. The SMILES string of the molecule is CC[C@H](C)NC(=O)[C@H](C)N(Cc1ccccc1F)C(=O)CSc1ccc(Cl)cc1. The van der Waals surface area contributed by atoms with Crippen LogP contribution in [0.4, 0.5) is 4.39 Å². The molecule has 0 aliphatic rings. The molecule has 2 aromatic rings. The van der Waals surface area contributed by atoms with Gasteiger partial charge in [-0.2, -0.15) is 0 Å². The molecule has 0 spiro atoms. The van der Waals surface area contributed by atoms with Crippen molar-refractivity contribution in [2.24, 2.45) is 0 Å². The maximum absolute atomic E-state index is 14.2. The summed E-state index contributed by atoms with van der Waals surface area (Å²) in [6.07, 6.45) is 0.784. The molecule has 0 radical (unpaired) electrons. The summed E-state index contributed by atoms with van der Waals surface area (Å²) < 4.78 is 14.2. The van der Waals surface area contributed by atoms with E-state index in [1.165, 1.54) is 22.7 Å². The Morgan fingerprint density at radius 2 is 1.79 bits per heavy atom. The minimum Gasteiger partial charge on any atom is -0.352 e. The van der Waals surface area contributed by atoms with Crippen LogP contribution in [0.25, 0.3) is 0 Å². The van der Waals surface area contributed by atoms with Crippen molar-refractivity contribution in [1.82, 2.24) is 10.2 Å². The van der Waals surface area contributed by atoms with E-state index in [1.54, 1.807) is 37.3 Å². The van der Waals surface area contributed by atoms with Crippen LogP contribution in [-0.4, -0.2) is 34.6 Å². The molecule has 156 valence electrons. The molecule has 0 aliphatic heterocycles. The Morgan fingerprint density at radius 3 is 2.41 bits per heavy atom. The lowest BCUT2D eigenvalue weighted by Gasteiger charge is -2.29. The van der Waals surface area contributed by atoms with Crippen molar-refractivity contribution in [3.05, 3.63) is 64.9 Å². The second kappa shape index (κ2) is 11.2. The standard InChI is InChI=1S/C22H26ClFN2O2S/c1-4-15(2)25-22(28)16(3)26(13-17-7-5-6-8-20(17)24)21(27)14-29-19-11-9-18(23)10-12-19/h5-12,15-16H,4,13-14H2,1-3H3,(H,25,28)/t15-,16-/m0/s1. The normalized spacial score (nSPS) is 12.9. The Bertz CT molecular complexity index is 832. The Kier molecular flexibility index (Phi) is 8.99. The number of nitrogens with zero attached hydrogens (tertiary/aromatic N) is 1. The molecule has 2 aromatic carbocycles. The molecular formula is C22H26ClFN2O2S. The van der Waals surface area contributed by atoms with Gasteiger partial charge in [-0.05, 0) is 50.6 Å². The van der Waals surface area contributed by atoms with Crippen molar-refractivity contribution in [3.63, 3.8) is 0 Å². The Balaban J connectivity index is 2.15. The van der Waals surface area contributed by atoms with Gasteiger partial charge in [-0.3, -0.25) is 9.59 Å². The monoisotopic (exact) mass is 436 g/mol. The summed E-state index contributed by atoms with van der Waals surface area (Å²) in [5.41, 5.74) is 0.375. The van der Waals surface area contributed by atoms with Gasteiger partial charge >= 0.3 is 0 Å². The molecule has 0 unspecified atom stereocenters. The van der Waals surface area contributed by atoms with Crippen molar-refractivity contribution in [2.75, 3.05) is 5.75 Å². The fourth-order valence-corrected chi connectivity index (χ4v) is 3.53. The summed E-state index contributed by atoms with van der Waals surface area (Å²) in [5, 5.41) is 3.52. The maximum Gasteiger partial charge on any atom is 0.242 e. The first kappa shape index (κ1) is 23.2. The molecular weight excluding hydrogens is 411 g/mol. The lowest BCUT2D eigenvalue weighted by Crippen LogP contribution is -2.50. The van der Waals surface area contributed by atoms with Gasteiger partial charge in [-0.1, -0.05) is 36.7 Å². The molecule has 29 heavy (non-hydrogen) atoms. The molecule has 0 fully saturated rings. The zero-order valence-electron chi connectivity index (χ0n) is 16.8. The zero-order chi connectivity index (χ0) is 21.4. The largest absolute Gasteiger partial charge is 0.352 e. The summed E-state index contributed by atoms with van der Waals surface area (Å²) in [6, 6.07) is 12.8. The number of nitrogens with one attached hydrogen (secondary N) is 1. The molecule has 0 aromatic heterocycles. The van der Waals surface area contributed by atoms with Crippen molar-refractivity contribution in [1.29, 1.82) is 0 Å². The highest BCUT2D eigenvalue weighted by molar-refractivity contribution is 8.00. The Morgan fingerprint density at radius 1 is 1.14 bits per heavy atom. The first-order valence-corrected chi connectivity index (χ1v) is 10.9. The van der Waals surface area contributed by atoms with E-state index in [0.717, 1.165) is 11.3 Å². The number of thioether (sulfide) groups is 1. The maximum atomic E-state index is 14.2. The van der Waals surface area contributed by atoms with Crippen molar-refractivity contribution < 1.29 is 14.0 Å². The van der Waals surface area contributed by atoms with Gasteiger partial charge in [0.2, 0.25) is 11.8 Å². The highest BCUT2D eigenvalue weighted by atomic mass is 35.5. The molecule has 0 saturated carbocycles. The van der Waals surface area contributed by atoms with Crippen LogP contribution in [0.5, 0.6) is 0 Å². The fraction of sp³-hybridized carbons (Fsp3) is 0.364. The lowest BCUT2D eigenvalue weighted by molar-refractivity contribution is -0.139. The van der Waals surface area contributed by atoms with E-state index in [2.05, 4.69) is 5.32 Å². The van der Waals surface area contributed by atoms with E-state index in [-0.39, 0.29) is 30.2 Å². The summed E-state index contributed by atoms with van der Waals surface area (Å²) in [4.78, 5) is 27.9. The van der Waals surface area contributed by atoms with Crippen molar-refractivity contribution in [2.45, 2.75) is 50.7 Å². The zero-order valence-corrected chi connectivity index (χ0v) is 18.4. The molecule has 7 heteroatoms. The van der Waals surface area contributed by atoms with E-state index in [1.807, 2.05) is 26.0 Å². The number of carbonyl (C=O) groups is 2. The van der Waals surface area contributed by atoms with Crippen LogP contribution in [0, 0.1) is 5.82 Å². The van der Waals surface area contributed by atoms with Crippen LogP contribution < -0.4 is 5.32 Å². The molecule has 2 atom stereocenters. The molecule has 4 nitrogen and oxygen atoms in total. The third-order valence-electron chi connectivity index (χ3n) is 4.64. The molecule has 0 saturated heterocycles. The van der Waals surface area contributed by atoms with Gasteiger partial charge < -0.3 is 10.2 Å². The van der Waals surface area contributed by atoms with Crippen LogP contribution in [0.15, 0.2) is 53.4 Å². The fourth-order valence-electron chi connectivity index (χ4n) is 2.62. The first-order valence-electron chi connectivity index (χ1n) is 9.53. The summed E-state index contributed by atoms with van der Waals surface area (Å²) in [6.45, 7) is 5.58. The number of hydrogen-bond donors (Lipinski definition) is 1. The van der Waals surface area contributed by atoms with E-state index >= 15 is 0 Å². The summed E-state index contributed by atoms with van der Waals surface area (Å²) in [7, 11) is 0. The molecule has 1 N–H and O–H groups in total. The molecule has 0 bridgehead atoms. The lowest BCUT2D eigenvalue weighted by atomic mass is 10.1. The van der Waals surface area contributed by atoms with Gasteiger partial charge in [0.1, 0.15) is 11.9 Å². The smallest absolute Gasteiger partial charge is 0.242 e. The molecule has 0 heterocycles. The molecule has 2 amide bonds. The number of rotatable bonds is 9. The molecule has 2 rings (SSSR count). The van der Waals surface area contributed by atoms with Crippen LogP contribution >= 0.6 is 23.4 Å². The highest BCUT2D eigenvalue weighted by Gasteiger charge is 2.27. The minimum atomic E-state index is -0.720. The molecule has 0 aliphatic carbocycles. The summed E-state index contributed by atoms with van der Waals surface area (Å²) in [5.74, 6) is -0.748. The van der Waals surface area contributed by atoms with Gasteiger partial charge in [-0.15, -0.1) is 11.8 Å². The first-order chi connectivity index (χ1) is 13.8. The van der Waals surface area contributed by atoms with Gasteiger partial charge in [0.05, 0.1) is 5.75 Å². The highest BCUT2D eigenvalue weighted by Crippen LogP contribution is 2.22. The van der Waals surface area contributed by atoms with Gasteiger partial charge in [-0.25, -0.2) is 4.39 Å². The van der Waals surface area contributed by atoms with Crippen molar-refractivity contribution >= 4 is 35.2 Å². The van der Waals surface area contributed by atoms with Gasteiger partial charge in [0, 0.05) is 28.1 Å². The van der Waals surface area contributed by atoms with E-state index in [4.69, 9.17) is 11.6 Å².